The number of likely N-dealkylation sites (tertiary alicyclic amines) is 1. The molecule has 0 bridgehead atoms. The Morgan fingerprint density at radius 2 is 2.03 bits per heavy atom. The minimum atomic E-state index is -0.718. The van der Waals surface area contributed by atoms with Gasteiger partial charge in [0.25, 0.3) is 0 Å². The molecule has 33 heavy (non-hydrogen) atoms. The first-order valence-electron chi connectivity index (χ1n) is 11.3. The van der Waals surface area contributed by atoms with Gasteiger partial charge >= 0.3 is 12.1 Å². The second-order valence-electron chi connectivity index (χ2n) is 9.49. The number of carbonyl (C=O) groups excluding carboxylic acids is 2. The molecule has 1 aliphatic rings. The van der Waals surface area contributed by atoms with E-state index in [4.69, 9.17) is 14.2 Å². The zero-order valence-corrected chi connectivity index (χ0v) is 20.0. The highest BCUT2D eigenvalue weighted by atomic mass is 16.6. The molecule has 8 heteroatoms. The van der Waals surface area contributed by atoms with Gasteiger partial charge in [-0.2, -0.15) is 0 Å². The molecule has 0 radical (unpaired) electrons. The Balaban J connectivity index is 1.70. The van der Waals surface area contributed by atoms with E-state index in [1.165, 1.54) is 7.11 Å². The van der Waals surface area contributed by atoms with Crippen molar-refractivity contribution in [2.45, 2.75) is 51.7 Å². The number of hydrogen-bond acceptors (Lipinski definition) is 7. The number of hydrogen-bond donors (Lipinski definition) is 1. The summed E-state index contributed by atoms with van der Waals surface area (Å²) >= 11 is 0. The van der Waals surface area contributed by atoms with Crippen molar-refractivity contribution in [2.75, 3.05) is 27.3 Å². The van der Waals surface area contributed by atoms with Crippen molar-refractivity contribution in [3.63, 3.8) is 0 Å². The molecule has 8 nitrogen and oxygen atoms in total. The lowest BCUT2D eigenvalue weighted by Crippen LogP contribution is -2.48. The van der Waals surface area contributed by atoms with Gasteiger partial charge in [-0.3, -0.25) is 9.78 Å². The molecular weight excluding hydrogens is 424 g/mol. The first-order valence-corrected chi connectivity index (χ1v) is 11.3. The Morgan fingerprint density at radius 3 is 2.70 bits per heavy atom. The van der Waals surface area contributed by atoms with E-state index in [1.807, 2.05) is 45.0 Å². The van der Waals surface area contributed by atoms with Crippen LogP contribution in [-0.4, -0.2) is 60.0 Å². The minimum absolute atomic E-state index is 0.00609. The van der Waals surface area contributed by atoms with Gasteiger partial charge in [-0.15, -0.1) is 0 Å². The third-order valence-corrected chi connectivity index (χ3v) is 6.05. The molecule has 180 valence electrons. The molecule has 0 aliphatic carbocycles. The Bertz CT molecular complexity index is 987. The minimum Gasteiger partial charge on any atom is -0.495 e. The normalized spacial score (nSPS) is 19.8. The monoisotopic (exact) mass is 458 g/mol. The second-order valence-corrected chi connectivity index (χ2v) is 9.49. The SMILES string of the molecule is COC(=O)[C@H]1CN(C(=O)OC(C)(C)C)CC[C@H]1CCC(O)c1cccc2ncc(OC)cc12. The van der Waals surface area contributed by atoms with Crippen molar-refractivity contribution in [1.82, 2.24) is 9.88 Å². The van der Waals surface area contributed by atoms with E-state index < -0.39 is 23.7 Å². The third-order valence-electron chi connectivity index (χ3n) is 6.05. The predicted molar refractivity (Wildman–Crippen MR) is 124 cm³/mol. The molecule has 1 aromatic heterocycles. The summed E-state index contributed by atoms with van der Waals surface area (Å²) < 4.78 is 15.8. The summed E-state index contributed by atoms with van der Waals surface area (Å²) in [6, 6.07) is 7.52. The first-order chi connectivity index (χ1) is 15.6. The predicted octanol–water partition coefficient (Wildman–Crippen LogP) is 4.10. The van der Waals surface area contributed by atoms with Crippen LogP contribution in [0.4, 0.5) is 4.79 Å². The number of piperidine rings is 1. The summed E-state index contributed by atoms with van der Waals surface area (Å²) in [5, 5.41) is 11.8. The van der Waals surface area contributed by atoms with Crippen molar-refractivity contribution in [2.24, 2.45) is 11.8 Å². The number of nitrogens with zero attached hydrogens (tertiary/aromatic N) is 2. The highest BCUT2D eigenvalue weighted by molar-refractivity contribution is 5.83. The van der Waals surface area contributed by atoms with Crippen LogP contribution in [0.5, 0.6) is 5.75 Å². The summed E-state index contributed by atoms with van der Waals surface area (Å²) in [7, 11) is 2.94. The van der Waals surface area contributed by atoms with Gasteiger partial charge < -0.3 is 24.2 Å². The van der Waals surface area contributed by atoms with Gasteiger partial charge in [0.2, 0.25) is 0 Å². The molecule has 1 saturated heterocycles. The van der Waals surface area contributed by atoms with Gasteiger partial charge in [0.15, 0.2) is 0 Å². The molecule has 3 atom stereocenters. The Labute approximate surface area is 194 Å². The molecule has 2 heterocycles. The summed E-state index contributed by atoms with van der Waals surface area (Å²) in [5.41, 5.74) is 0.958. The quantitative estimate of drug-likeness (QED) is 0.651. The van der Waals surface area contributed by atoms with E-state index >= 15 is 0 Å². The fourth-order valence-corrected chi connectivity index (χ4v) is 4.34. The fourth-order valence-electron chi connectivity index (χ4n) is 4.34. The highest BCUT2D eigenvalue weighted by Crippen LogP contribution is 2.34. The molecular formula is C25H34N2O6. The smallest absolute Gasteiger partial charge is 0.410 e. The molecule has 1 unspecified atom stereocenters. The molecule has 1 aromatic carbocycles. The molecule has 1 amide bonds. The summed E-state index contributed by atoms with van der Waals surface area (Å²) in [4.78, 5) is 31.0. The Kier molecular flexibility index (Phi) is 7.79. The number of ether oxygens (including phenoxy) is 3. The van der Waals surface area contributed by atoms with E-state index in [0.717, 1.165) is 16.5 Å². The van der Waals surface area contributed by atoms with E-state index in [1.54, 1.807) is 18.2 Å². The lowest BCUT2D eigenvalue weighted by Gasteiger charge is -2.38. The third kappa shape index (κ3) is 6.13. The zero-order chi connectivity index (χ0) is 24.2. The van der Waals surface area contributed by atoms with Gasteiger partial charge in [0, 0.05) is 18.5 Å². The average Bonchev–Trinajstić information content (AvgIpc) is 2.79. The van der Waals surface area contributed by atoms with Crippen LogP contribution in [0.2, 0.25) is 0 Å². The van der Waals surface area contributed by atoms with Crippen LogP contribution in [0.15, 0.2) is 30.5 Å². The fraction of sp³-hybridized carbons (Fsp3) is 0.560. The van der Waals surface area contributed by atoms with E-state index in [0.29, 0.717) is 31.6 Å². The molecule has 1 fully saturated rings. The first kappa shape index (κ1) is 24.8. The maximum Gasteiger partial charge on any atom is 0.410 e. The number of methoxy groups -OCH3 is 2. The number of benzene rings is 1. The van der Waals surface area contributed by atoms with Crippen molar-refractivity contribution < 1.29 is 28.9 Å². The largest absolute Gasteiger partial charge is 0.495 e. The number of esters is 1. The van der Waals surface area contributed by atoms with Gasteiger partial charge in [0.1, 0.15) is 11.4 Å². The maximum atomic E-state index is 12.5. The number of pyridine rings is 1. The van der Waals surface area contributed by atoms with Gasteiger partial charge in [-0.05, 0) is 63.6 Å². The highest BCUT2D eigenvalue weighted by Gasteiger charge is 2.38. The van der Waals surface area contributed by atoms with Crippen LogP contribution in [0, 0.1) is 11.8 Å². The van der Waals surface area contributed by atoms with Crippen LogP contribution in [0.25, 0.3) is 10.9 Å². The lowest BCUT2D eigenvalue weighted by molar-refractivity contribution is -0.149. The lowest BCUT2D eigenvalue weighted by atomic mass is 9.81. The van der Waals surface area contributed by atoms with Gasteiger partial charge in [-0.25, -0.2) is 4.79 Å². The van der Waals surface area contributed by atoms with E-state index in [9.17, 15) is 14.7 Å². The number of aliphatic hydroxyl groups is 1. The van der Waals surface area contributed by atoms with Crippen LogP contribution in [-0.2, 0) is 14.3 Å². The molecule has 3 rings (SSSR count). The van der Waals surface area contributed by atoms with Crippen molar-refractivity contribution in [1.29, 1.82) is 0 Å². The summed E-state index contributed by atoms with van der Waals surface area (Å²) in [6.07, 6.45) is 2.24. The van der Waals surface area contributed by atoms with Gasteiger partial charge in [-0.1, -0.05) is 12.1 Å². The Hall–Kier alpha value is -2.87. The number of aliphatic hydroxyl groups excluding tert-OH is 1. The summed E-state index contributed by atoms with van der Waals surface area (Å²) in [6.45, 7) is 6.19. The second kappa shape index (κ2) is 10.4. The average molecular weight is 459 g/mol. The van der Waals surface area contributed by atoms with Gasteiger partial charge in [0.05, 0.1) is 38.0 Å². The molecule has 1 aliphatic heterocycles. The topological polar surface area (TPSA) is 98.2 Å². The zero-order valence-electron chi connectivity index (χ0n) is 20.0. The number of amides is 1. The van der Waals surface area contributed by atoms with E-state index in [-0.39, 0.29) is 18.4 Å². The standard InChI is InChI=1S/C25H34N2O6/c1-25(2,3)33-24(30)27-12-11-16(20(15-27)23(29)32-5)9-10-22(28)18-7-6-8-21-19(18)13-17(31-4)14-26-21/h6-8,13-14,16,20,22,28H,9-12,15H2,1-5H3/t16-,20+,22?/m1/s1. The van der Waals surface area contributed by atoms with E-state index in [2.05, 4.69) is 4.98 Å². The number of carbonyl (C=O) groups is 2. The van der Waals surface area contributed by atoms with Crippen molar-refractivity contribution in [3.05, 3.63) is 36.0 Å². The molecule has 0 spiro atoms. The van der Waals surface area contributed by atoms with Crippen LogP contribution in [0.1, 0.15) is 51.7 Å². The maximum absolute atomic E-state index is 12.5. The summed E-state index contributed by atoms with van der Waals surface area (Å²) in [5.74, 6) is -0.185. The van der Waals surface area contributed by atoms with Crippen molar-refractivity contribution >= 4 is 23.0 Å². The number of rotatable bonds is 6. The Morgan fingerprint density at radius 1 is 1.27 bits per heavy atom. The molecule has 1 N–H and O–H groups in total. The number of fused-ring (bicyclic) bond motifs is 1. The number of aromatic nitrogens is 1. The van der Waals surface area contributed by atoms with Crippen LogP contribution in [0.3, 0.4) is 0 Å². The molecule has 0 saturated carbocycles. The van der Waals surface area contributed by atoms with Crippen LogP contribution < -0.4 is 4.74 Å². The van der Waals surface area contributed by atoms with Crippen LogP contribution >= 0.6 is 0 Å². The van der Waals surface area contributed by atoms with Crippen molar-refractivity contribution in [3.8, 4) is 5.75 Å². The molecule has 2 aromatic rings.